The Bertz CT molecular complexity index is 994. The molecule has 0 fully saturated rings. The smallest absolute Gasteiger partial charge is 0.129 e. The van der Waals surface area contributed by atoms with Gasteiger partial charge in [-0.25, -0.2) is 4.68 Å². The molecule has 4 heteroatoms. The quantitative estimate of drug-likeness (QED) is 0.522. The summed E-state index contributed by atoms with van der Waals surface area (Å²) in [7, 11) is 0. The summed E-state index contributed by atoms with van der Waals surface area (Å²) in [6.07, 6.45) is 3.54. The summed E-state index contributed by atoms with van der Waals surface area (Å²) in [6, 6.07) is 24.2. The van der Waals surface area contributed by atoms with Crippen molar-refractivity contribution in [2.75, 3.05) is 0 Å². The highest BCUT2D eigenvalue weighted by Crippen LogP contribution is 2.32. The molecule has 2 heterocycles. The van der Waals surface area contributed by atoms with E-state index in [4.69, 9.17) is 4.74 Å². The normalized spacial score (nSPS) is 10.7. The number of aryl methyl sites for hydroxylation is 1. The lowest BCUT2D eigenvalue weighted by molar-refractivity contribution is 0.307. The Morgan fingerprint density at radius 3 is 2.42 bits per heavy atom. The minimum absolute atomic E-state index is 0.528. The van der Waals surface area contributed by atoms with Gasteiger partial charge in [-0.3, -0.25) is 4.98 Å². The van der Waals surface area contributed by atoms with Crippen LogP contribution in [-0.4, -0.2) is 14.8 Å². The molecule has 0 aliphatic heterocycles. The molecule has 26 heavy (non-hydrogen) atoms. The number of aromatic nitrogens is 3. The number of rotatable bonds is 5. The van der Waals surface area contributed by atoms with Crippen molar-refractivity contribution in [3.8, 4) is 22.7 Å². The van der Waals surface area contributed by atoms with Gasteiger partial charge in [-0.2, -0.15) is 5.10 Å². The van der Waals surface area contributed by atoms with Gasteiger partial charge in [0.1, 0.15) is 12.4 Å². The Morgan fingerprint density at radius 1 is 0.885 bits per heavy atom. The summed E-state index contributed by atoms with van der Waals surface area (Å²) in [4.78, 5) is 4.09. The summed E-state index contributed by atoms with van der Waals surface area (Å²) in [6.45, 7) is 2.52. The van der Waals surface area contributed by atoms with E-state index >= 15 is 0 Å². The van der Waals surface area contributed by atoms with Gasteiger partial charge in [0, 0.05) is 18.0 Å². The lowest BCUT2D eigenvalue weighted by atomic mass is 10.1. The number of nitrogens with zero attached hydrogens (tertiary/aromatic N) is 3. The first-order valence-corrected chi connectivity index (χ1v) is 8.54. The van der Waals surface area contributed by atoms with Gasteiger partial charge in [0.05, 0.1) is 17.1 Å². The number of para-hydroxylation sites is 1. The fraction of sp³-hybridized carbons (Fsp3) is 0.0909. The van der Waals surface area contributed by atoms with E-state index in [-0.39, 0.29) is 0 Å². The van der Waals surface area contributed by atoms with Crippen molar-refractivity contribution in [3.63, 3.8) is 0 Å². The first-order chi connectivity index (χ1) is 12.8. The second-order valence-corrected chi connectivity index (χ2v) is 6.06. The van der Waals surface area contributed by atoms with Crippen LogP contribution in [-0.2, 0) is 6.61 Å². The molecule has 0 saturated carbocycles. The maximum Gasteiger partial charge on any atom is 0.129 e. The Morgan fingerprint density at radius 2 is 1.62 bits per heavy atom. The highest BCUT2D eigenvalue weighted by Gasteiger charge is 2.14. The molecular weight excluding hydrogens is 322 g/mol. The molecule has 128 valence electrons. The van der Waals surface area contributed by atoms with Crippen LogP contribution < -0.4 is 4.74 Å². The largest absolute Gasteiger partial charge is 0.488 e. The van der Waals surface area contributed by atoms with Crippen LogP contribution in [0.15, 0.2) is 85.2 Å². The molecular formula is C22H19N3O. The molecule has 0 unspecified atom stereocenters. The predicted molar refractivity (Wildman–Crippen MR) is 102 cm³/mol. The monoisotopic (exact) mass is 341 g/mol. The summed E-state index contributed by atoms with van der Waals surface area (Å²) < 4.78 is 8.06. The van der Waals surface area contributed by atoms with Crippen molar-refractivity contribution in [2.45, 2.75) is 13.5 Å². The Balaban J connectivity index is 1.71. The predicted octanol–water partition coefficient (Wildman–Crippen LogP) is 4.82. The summed E-state index contributed by atoms with van der Waals surface area (Å²) in [5.41, 5.74) is 5.08. The second kappa shape index (κ2) is 7.23. The molecule has 2 aromatic carbocycles. The number of pyridine rings is 1. The maximum atomic E-state index is 6.12. The SMILES string of the molecule is Cc1cc(-c2ccccc2OCc2ccccc2)n(-c2ccncc2)n1. The summed E-state index contributed by atoms with van der Waals surface area (Å²) in [5.74, 6) is 0.839. The zero-order valence-corrected chi connectivity index (χ0v) is 14.5. The van der Waals surface area contributed by atoms with Gasteiger partial charge in [0.15, 0.2) is 0 Å². The average Bonchev–Trinajstić information content (AvgIpc) is 3.10. The third kappa shape index (κ3) is 3.35. The first kappa shape index (κ1) is 16.1. The molecule has 0 amide bonds. The Hall–Kier alpha value is -3.40. The third-order valence-corrected chi connectivity index (χ3v) is 4.14. The van der Waals surface area contributed by atoms with Crippen LogP contribution in [0.1, 0.15) is 11.3 Å². The van der Waals surface area contributed by atoms with Crippen molar-refractivity contribution >= 4 is 0 Å². The summed E-state index contributed by atoms with van der Waals surface area (Å²) in [5, 5.41) is 4.65. The van der Waals surface area contributed by atoms with Crippen molar-refractivity contribution in [1.82, 2.24) is 14.8 Å². The van der Waals surface area contributed by atoms with E-state index in [0.717, 1.165) is 34.0 Å². The van der Waals surface area contributed by atoms with E-state index in [1.807, 2.05) is 60.1 Å². The van der Waals surface area contributed by atoms with Gasteiger partial charge in [0.2, 0.25) is 0 Å². The van der Waals surface area contributed by atoms with Gasteiger partial charge >= 0.3 is 0 Å². The summed E-state index contributed by atoms with van der Waals surface area (Å²) >= 11 is 0. The van der Waals surface area contributed by atoms with Crippen LogP contribution in [0, 0.1) is 6.92 Å². The van der Waals surface area contributed by atoms with E-state index < -0.39 is 0 Å². The molecule has 4 nitrogen and oxygen atoms in total. The molecule has 0 atom stereocenters. The molecule has 0 saturated heterocycles. The van der Waals surface area contributed by atoms with Crippen LogP contribution >= 0.6 is 0 Å². The zero-order valence-electron chi connectivity index (χ0n) is 14.5. The van der Waals surface area contributed by atoms with Crippen LogP contribution in [0.4, 0.5) is 0 Å². The van der Waals surface area contributed by atoms with E-state index in [1.165, 1.54) is 0 Å². The molecule has 0 spiro atoms. The highest BCUT2D eigenvalue weighted by molar-refractivity contribution is 5.69. The Labute approximate surface area is 152 Å². The van der Waals surface area contributed by atoms with Gasteiger partial charge in [-0.05, 0) is 42.8 Å². The average molecular weight is 341 g/mol. The van der Waals surface area contributed by atoms with E-state index in [2.05, 4.69) is 34.3 Å². The van der Waals surface area contributed by atoms with Crippen LogP contribution in [0.3, 0.4) is 0 Å². The molecule has 2 aromatic heterocycles. The zero-order chi connectivity index (χ0) is 17.8. The van der Waals surface area contributed by atoms with Crippen molar-refractivity contribution in [3.05, 3.63) is 96.4 Å². The maximum absolute atomic E-state index is 6.12. The third-order valence-electron chi connectivity index (χ3n) is 4.14. The van der Waals surface area contributed by atoms with E-state index in [1.54, 1.807) is 12.4 Å². The fourth-order valence-corrected chi connectivity index (χ4v) is 2.91. The molecule has 0 radical (unpaired) electrons. The van der Waals surface area contributed by atoms with Crippen molar-refractivity contribution in [2.24, 2.45) is 0 Å². The number of benzene rings is 2. The lowest BCUT2D eigenvalue weighted by Crippen LogP contribution is -2.01. The van der Waals surface area contributed by atoms with Gasteiger partial charge < -0.3 is 4.74 Å². The van der Waals surface area contributed by atoms with Crippen molar-refractivity contribution in [1.29, 1.82) is 0 Å². The molecule has 4 aromatic rings. The number of ether oxygens (including phenoxy) is 1. The lowest BCUT2D eigenvalue weighted by Gasteiger charge is -2.13. The van der Waals surface area contributed by atoms with Gasteiger partial charge in [-0.15, -0.1) is 0 Å². The molecule has 4 rings (SSSR count). The number of hydrogen-bond acceptors (Lipinski definition) is 3. The van der Waals surface area contributed by atoms with Gasteiger partial charge in [0.25, 0.3) is 0 Å². The molecule has 0 aliphatic rings. The van der Waals surface area contributed by atoms with E-state index in [0.29, 0.717) is 6.61 Å². The van der Waals surface area contributed by atoms with Gasteiger partial charge in [-0.1, -0.05) is 42.5 Å². The van der Waals surface area contributed by atoms with Crippen LogP contribution in [0.2, 0.25) is 0 Å². The standard InChI is InChI=1S/C22H19N3O/c1-17-15-21(25(24-17)19-11-13-23-14-12-19)20-9-5-6-10-22(20)26-16-18-7-3-2-4-8-18/h2-15H,16H2,1H3. The van der Waals surface area contributed by atoms with Crippen molar-refractivity contribution < 1.29 is 4.74 Å². The first-order valence-electron chi connectivity index (χ1n) is 8.54. The molecule has 0 bridgehead atoms. The minimum atomic E-state index is 0.528. The number of hydrogen-bond donors (Lipinski definition) is 0. The molecule has 0 aliphatic carbocycles. The molecule has 0 N–H and O–H groups in total. The highest BCUT2D eigenvalue weighted by atomic mass is 16.5. The topological polar surface area (TPSA) is 39.9 Å². The second-order valence-electron chi connectivity index (χ2n) is 6.06. The minimum Gasteiger partial charge on any atom is -0.488 e. The van der Waals surface area contributed by atoms with E-state index in [9.17, 15) is 0 Å². The fourth-order valence-electron chi connectivity index (χ4n) is 2.91. The van der Waals surface area contributed by atoms with Crippen LogP contribution in [0.25, 0.3) is 16.9 Å². The Kier molecular flexibility index (Phi) is 4.48. The van der Waals surface area contributed by atoms with Crippen LogP contribution in [0.5, 0.6) is 5.75 Å².